The minimum atomic E-state index is 0.0551. The van der Waals surface area contributed by atoms with E-state index < -0.39 is 0 Å². The van der Waals surface area contributed by atoms with Crippen LogP contribution < -0.4 is 5.32 Å². The molecular weight excluding hydrogens is 230 g/mol. The van der Waals surface area contributed by atoms with Crippen LogP contribution in [-0.2, 0) is 14.3 Å². The monoisotopic (exact) mass is 255 g/mol. The third-order valence-corrected chi connectivity index (χ3v) is 3.85. The maximum atomic E-state index is 12.1. The van der Waals surface area contributed by atoms with Gasteiger partial charge in [0, 0.05) is 19.8 Å². The van der Waals surface area contributed by atoms with Gasteiger partial charge in [0.1, 0.15) is 0 Å². The molecule has 2 fully saturated rings. The van der Waals surface area contributed by atoms with Gasteiger partial charge in [0.15, 0.2) is 0 Å². The Morgan fingerprint density at radius 2 is 1.78 bits per heavy atom. The van der Waals surface area contributed by atoms with Gasteiger partial charge in [-0.3, -0.25) is 4.79 Å². The maximum Gasteiger partial charge on any atom is 0.225 e. The minimum absolute atomic E-state index is 0.0551. The highest BCUT2D eigenvalue weighted by atomic mass is 16.5. The first-order valence-corrected chi connectivity index (χ1v) is 7.35. The second kappa shape index (κ2) is 7.74. The van der Waals surface area contributed by atoms with E-state index in [2.05, 4.69) is 5.32 Å². The molecule has 1 amide bonds. The smallest absolute Gasteiger partial charge is 0.225 e. The van der Waals surface area contributed by atoms with Crippen LogP contribution in [0.3, 0.4) is 0 Å². The van der Waals surface area contributed by atoms with Gasteiger partial charge < -0.3 is 14.8 Å². The summed E-state index contributed by atoms with van der Waals surface area (Å²) in [6, 6.07) is 0. The molecule has 1 aliphatic heterocycles. The highest BCUT2D eigenvalue weighted by Gasteiger charge is 2.31. The van der Waals surface area contributed by atoms with Crippen LogP contribution in [0.4, 0.5) is 0 Å². The molecular formula is C14H25NO3. The van der Waals surface area contributed by atoms with Crippen molar-refractivity contribution in [1.82, 2.24) is 5.32 Å². The molecule has 2 atom stereocenters. The predicted molar refractivity (Wildman–Crippen MR) is 69.4 cm³/mol. The van der Waals surface area contributed by atoms with E-state index >= 15 is 0 Å². The SMILES string of the molecule is O=C1NCCOCCCCCO[C@H]2CCCCC12. The van der Waals surface area contributed by atoms with Crippen LogP contribution in [0.5, 0.6) is 0 Å². The highest BCUT2D eigenvalue weighted by Crippen LogP contribution is 2.27. The highest BCUT2D eigenvalue weighted by molar-refractivity contribution is 5.79. The lowest BCUT2D eigenvalue weighted by atomic mass is 9.85. The molecule has 2 rings (SSSR count). The number of amides is 1. The summed E-state index contributed by atoms with van der Waals surface area (Å²) in [5.74, 6) is 0.210. The fraction of sp³-hybridized carbons (Fsp3) is 0.929. The van der Waals surface area contributed by atoms with Crippen molar-refractivity contribution < 1.29 is 14.3 Å². The fourth-order valence-electron chi connectivity index (χ4n) is 2.79. The molecule has 0 spiro atoms. The zero-order valence-corrected chi connectivity index (χ0v) is 11.2. The third kappa shape index (κ3) is 4.25. The van der Waals surface area contributed by atoms with E-state index in [1.54, 1.807) is 0 Å². The summed E-state index contributed by atoms with van der Waals surface area (Å²) in [6.45, 7) is 2.84. The average Bonchev–Trinajstić information content (AvgIpc) is 2.42. The number of carbonyl (C=O) groups excluding carboxylic acids is 1. The van der Waals surface area contributed by atoms with E-state index in [9.17, 15) is 4.79 Å². The van der Waals surface area contributed by atoms with Crippen LogP contribution >= 0.6 is 0 Å². The quantitative estimate of drug-likeness (QED) is 0.719. The Labute approximate surface area is 109 Å². The number of hydrogen-bond acceptors (Lipinski definition) is 3. The summed E-state index contributed by atoms with van der Waals surface area (Å²) in [4.78, 5) is 12.1. The van der Waals surface area contributed by atoms with Crippen LogP contribution in [0.25, 0.3) is 0 Å². The van der Waals surface area contributed by atoms with Crippen molar-refractivity contribution in [2.24, 2.45) is 5.92 Å². The van der Waals surface area contributed by atoms with Crippen molar-refractivity contribution in [3.05, 3.63) is 0 Å². The lowest BCUT2D eigenvalue weighted by Gasteiger charge is -2.30. The zero-order valence-electron chi connectivity index (χ0n) is 11.2. The molecule has 4 heteroatoms. The molecule has 0 radical (unpaired) electrons. The van der Waals surface area contributed by atoms with Gasteiger partial charge in [0.2, 0.25) is 5.91 Å². The predicted octanol–water partition coefficient (Wildman–Crippen LogP) is 1.88. The molecule has 0 aromatic heterocycles. The van der Waals surface area contributed by atoms with E-state index in [4.69, 9.17) is 9.47 Å². The third-order valence-electron chi connectivity index (χ3n) is 3.85. The maximum absolute atomic E-state index is 12.1. The first-order chi connectivity index (χ1) is 8.88. The van der Waals surface area contributed by atoms with Gasteiger partial charge >= 0.3 is 0 Å². The van der Waals surface area contributed by atoms with Crippen LogP contribution in [-0.4, -0.2) is 38.4 Å². The van der Waals surface area contributed by atoms with Crippen LogP contribution in [0.1, 0.15) is 44.9 Å². The molecule has 1 heterocycles. The molecule has 1 saturated carbocycles. The standard InChI is InChI=1S/C14H25NO3/c16-14-12-6-2-3-7-13(12)18-10-5-1-4-9-17-11-8-15-14/h12-13H,1-11H2,(H,15,16)/t12?,13-/m0/s1. The summed E-state index contributed by atoms with van der Waals surface area (Å²) in [5.41, 5.74) is 0. The Kier molecular flexibility index (Phi) is 5.94. The lowest BCUT2D eigenvalue weighted by Crippen LogP contribution is -2.41. The summed E-state index contributed by atoms with van der Waals surface area (Å²) in [7, 11) is 0. The number of ether oxygens (including phenoxy) is 2. The van der Waals surface area contributed by atoms with Crippen molar-refractivity contribution in [3.63, 3.8) is 0 Å². The first kappa shape index (κ1) is 13.8. The van der Waals surface area contributed by atoms with E-state index in [0.717, 1.165) is 51.7 Å². The first-order valence-electron chi connectivity index (χ1n) is 7.35. The average molecular weight is 255 g/mol. The van der Waals surface area contributed by atoms with Crippen molar-refractivity contribution in [2.75, 3.05) is 26.4 Å². The fourth-order valence-corrected chi connectivity index (χ4v) is 2.79. The van der Waals surface area contributed by atoms with Gasteiger partial charge in [-0.15, -0.1) is 0 Å². The van der Waals surface area contributed by atoms with Crippen LogP contribution in [0.15, 0.2) is 0 Å². The van der Waals surface area contributed by atoms with Gasteiger partial charge in [-0.1, -0.05) is 12.8 Å². The molecule has 0 bridgehead atoms. The number of fused-ring (bicyclic) bond motifs is 1. The largest absolute Gasteiger partial charge is 0.380 e. The number of hydrogen-bond donors (Lipinski definition) is 1. The second-order valence-electron chi connectivity index (χ2n) is 5.26. The molecule has 1 saturated heterocycles. The van der Waals surface area contributed by atoms with Gasteiger partial charge in [-0.2, -0.15) is 0 Å². The molecule has 1 unspecified atom stereocenters. The van der Waals surface area contributed by atoms with Crippen molar-refractivity contribution in [3.8, 4) is 0 Å². The van der Waals surface area contributed by atoms with Gasteiger partial charge in [-0.25, -0.2) is 0 Å². The Bertz CT molecular complexity index is 257. The minimum Gasteiger partial charge on any atom is -0.380 e. The van der Waals surface area contributed by atoms with Crippen LogP contribution in [0, 0.1) is 5.92 Å². The van der Waals surface area contributed by atoms with Gasteiger partial charge in [0.25, 0.3) is 0 Å². The number of carbonyl (C=O) groups is 1. The van der Waals surface area contributed by atoms with Crippen molar-refractivity contribution in [2.45, 2.75) is 51.0 Å². The number of rotatable bonds is 0. The molecule has 104 valence electrons. The summed E-state index contributed by atoms with van der Waals surface area (Å²) >= 11 is 0. The molecule has 0 aromatic rings. The zero-order chi connectivity index (χ0) is 12.6. The summed E-state index contributed by atoms with van der Waals surface area (Å²) in [6.07, 6.45) is 7.80. The number of nitrogens with one attached hydrogen (secondary N) is 1. The van der Waals surface area contributed by atoms with E-state index in [0.29, 0.717) is 13.2 Å². The summed E-state index contributed by atoms with van der Waals surface area (Å²) < 4.78 is 11.4. The Balaban J connectivity index is 1.89. The Morgan fingerprint density at radius 3 is 2.72 bits per heavy atom. The van der Waals surface area contributed by atoms with E-state index in [1.807, 2.05) is 0 Å². The molecule has 0 aromatic carbocycles. The van der Waals surface area contributed by atoms with Crippen molar-refractivity contribution in [1.29, 1.82) is 0 Å². The lowest BCUT2D eigenvalue weighted by molar-refractivity contribution is -0.132. The molecule has 1 N–H and O–H groups in total. The van der Waals surface area contributed by atoms with E-state index in [1.165, 1.54) is 6.42 Å². The summed E-state index contributed by atoms with van der Waals surface area (Å²) in [5, 5.41) is 2.98. The molecule has 1 aliphatic carbocycles. The van der Waals surface area contributed by atoms with Crippen LogP contribution in [0.2, 0.25) is 0 Å². The second-order valence-corrected chi connectivity index (χ2v) is 5.26. The molecule has 4 nitrogen and oxygen atoms in total. The van der Waals surface area contributed by atoms with Crippen molar-refractivity contribution >= 4 is 5.91 Å². The van der Waals surface area contributed by atoms with E-state index in [-0.39, 0.29) is 17.9 Å². The normalized spacial score (nSPS) is 32.3. The Hall–Kier alpha value is -0.610. The topological polar surface area (TPSA) is 47.6 Å². The molecule has 2 aliphatic rings. The van der Waals surface area contributed by atoms with Gasteiger partial charge in [0.05, 0.1) is 18.6 Å². The Morgan fingerprint density at radius 1 is 0.944 bits per heavy atom. The van der Waals surface area contributed by atoms with Gasteiger partial charge in [-0.05, 0) is 32.1 Å². The molecule has 18 heavy (non-hydrogen) atoms.